The highest BCUT2D eigenvalue weighted by atomic mass is 16.5. The molecule has 0 radical (unpaired) electrons. The van der Waals surface area contributed by atoms with Gasteiger partial charge in [0.05, 0.1) is 6.10 Å². The quantitative estimate of drug-likeness (QED) is 0.838. The first-order valence-electron chi connectivity index (χ1n) is 8.09. The summed E-state index contributed by atoms with van der Waals surface area (Å²) in [6, 6.07) is 4.23. The molecule has 2 unspecified atom stereocenters. The van der Waals surface area contributed by atoms with Gasteiger partial charge in [-0.05, 0) is 44.4 Å². The summed E-state index contributed by atoms with van der Waals surface area (Å²) in [5.74, 6) is 0.771. The highest BCUT2D eigenvalue weighted by molar-refractivity contribution is 5.25. The maximum Gasteiger partial charge on any atom is 0.214 e. The normalized spacial score (nSPS) is 22.2. The maximum atomic E-state index is 6.14. The molecule has 2 rings (SSSR count). The molecule has 0 aliphatic heterocycles. The van der Waals surface area contributed by atoms with E-state index < -0.39 is 0 Å². The Hall–Kier alpha value is -1.13. The van der Waals surface area contributed by atoms with Crippen LogP contribution in [0.15, 0.2) is 12.1 Å². The fourth-order valence-corrected chi connectivity index (χ4v) is 2.97. The topological polar surface area (TPSA) is 43.4 Å². The molecule has 21 heavy (non-hydrogen) atoms. The van der Waals surface area contributed by atoms with E-state index >= 15 is 0 Å². The molecule has 4 nitrogen and oxygen atoms in total. The van der Waals surface area contributed by atoms with Crippen LogP contribution in [0.5, 0.6) is 5.88 Å². The largest absolute Gasteiger partial charge is 0.474 e. The van der Waals surface area contributed by atoms with E-state index in [1.807, 2.05) is 7.05 Å². The fourth-order valence-electron chi connectivity index (χ4n) is 2.97. The van der Waals surface area contributed by atoms with Crippen molar-refractivity contribution >= 4 is 0 Å². The highest BCUT2D eigenvalue weighted by Gasteiger charge is 2.23. The molecule has 0 bridgehead atoms. The van der Waals surface area contributed by atoms with Crippen molar-refractivity contribution in [3.63, 3.8) is 0 Å². The van der Waals surface area contributed by atoms with Crippen molar-refractivity contribution in [2.45, 2.75) is 64.2 Å². The molecule has 1 aromatic heterocycles. The average Bonchev–Trinajstić information content (AvgIpc) is 2.48. The van der Waals surface area contributed by atoms with Crippen molar-refractivity contribution in [2.24, 2.45) is 0 Å². The van der Waals surface area contributed by atoms with E-state index in [4.69, 9.17) is 9.47 Å². The van der Waals surface area contributed by atoms with Crippen molar-refractivity contribution in [3.05, 3.63) is 23.4 Å². The van der Waals surface area contributed by atoms with E-state index in [2.05, 4.69) is 29.4 Å². The van der Waals surface area contributed by atoms with Gasteiger partial charge in [0.1, 0.15) is 6.10 Å². The van der Waals surface area contributed by atoms with E-state index in [-0.39, 0.29) is 6.10 Å². The van der Waals surface area contributed by atoms with Gasteiger partial charge in [-0.15, -0.1) is 0 Å². The second kappa shape index (κ2) is 8.35. The number of ether oxygens (including phenoxy) is 2. The van der Waals surface area contributed by atoms with Gasteiger partial charge in [0.15, 0.2) is 0 Å². The number of nitrogens with zero attached hydrogens (tertiary/aromatic N) is 1. The molecule has 118 valence electrons. The maximum absolute atomic E-state index is 6.14. The van der Waals surface area contributed by atoms with Gasteiger partial charge >= 0.3 is 0 Å². The molecule has 0 saturated heterocycles. The number of pyridine rings is 1. The van der Waals surface area contributed by atoms with Crippen LogP contribution in [0, 0.1) is 0 Å². The van der Waals surface area contributed by atoms with Crippen molar-refractivity contribution in [1.82, 2.24) is 10.3 Å². The fraction of sp³-hybridized carbons (Fsp3) is 0.706. The number of rotatable bonds is 7. The smallest absolute Gasteiger partial charge is 0.214 e. The zero-order chi connectivity index (χ0) is 15.1. The molecule has 1 aliphatic rings. The van der Waals surface area contributed by atoms with Crippen LogP contribution < -0.4 is 10.1 Å². The summed E-state index contributed by atoms with van der Waals surface area (Å²) in [6.07, 6.45) is 7.05. The molecule has 1 heterocycles. The molecule has 0 aromatic carbocycles. The first-order valence-corrected chi connectivity index (χ1v) is 8.09. The summed E-state index contributed by atoms with van der Waals surface area (Å²) < 4.78 is 11.6. The van der Waals surface area contributed by atoms with Crippen LogP contribution in [-0.2, 0) is 17.7 Å². The van der Waals surface area contributed by atoms with Gasteiger partial charge in [0, 0.05) is 31.8 Å². The summed E-state index contributed by atoms with van der Waals surface area (Å²) in [4.78, 5) is 4.66. The van der Waals surface area contributed by atoms with E-state index in [9.17, 15) is 0 Å². The third-order valence-corrected chi connectivity index (χ3v) is 4.00. The number of aromatic nitrogens is 1. The first-order chi connectivity index (χ1) is 10.2. The standard InChI is InChI=1S/C17H28N2O2/c1-4-6-14-9-13(12-18-2)10-17(19-14)21-16-8-5-7-15(11-16)20-3/h9-10,15-16,18H,4-8,11-12H2,1-3H3. The Bertz CT molecular complexity index is 413. The van der Waals surface area contributed by atoms with Crippen LogP contribution in [0.25, 0.3) is 0 Å². The summed E-state index contributed by atoms with van der Waals surface area (Å²) in [7, 11) is 3.75. The minimum atomic E-state index is 0.232. The van der Waals surface area contributed by atoms with E-state index in [1.165, 1.54) is 12.0 Å². The number of nitrogens with one attached hydrogen (secondary N) is 1. The van der Waals surface area contributed by atoms with E-state index in [0.717, 1.165) is 50.2 Å². The lowest BCUT2D eigenvalue weighted by Gasteiger charge is -2.28. The van der Waals surface area contributed by atoms with E-state index in [0.29, 0.717) is 6.10 Å². The Morgan fingerprint density at radius 1 is 1.29 bits per heavy atom. The van der Waals surface area contributed by atoms with Gasteiger partial charge in [-0.1, -0.05) is 13.3 Å². The van der Waals surface area contributed by atoms with Gasteiger partial charge in [-0.25, -0.2) is 4.98 Å². The minimum absolute atomic E-state index is 0.232. The third-order valence-electron chi connectivity index (χ3n) is 4.00. The van der Waals surface area contributed by atoms with Crippen molar-refractivity contribution in [3.8, 4) is 5.88 Å². The summed E-state index contributed by atoms with van der Waals surface area (Å²) in [5.41, 5.74) is 2.37. The van der Waals surface area contributed by atoms with Crippen LogP contribution in [0.3, 0.4) is 0 Å². The Labute approximate surface area is 128 Å². The second-order valence-corrected chi connectivity index (χ2v) is 5.85. The predicted octanol–water partition coefficient (Wildman–Crippen LogP) is 3.09. The summed E-state index contributed by atoms with van der Waals surface area (Å²) >= 11 is 0. The molecule has 0 amide bonds. The zero-order valence-corrected chi connectivity index (χ0v) is 13.5. The molecular formula is C17H28N2O2. The minimum Gasteiger partial charge on any atom is -0.474 e. The Kier molecular flexibility index (Phi) is 6.46. The molecule has 1 saturated carbocycles. The highest BCUT2D eigenvalue weighted by Crippen LogP contribution is 2.25. The molecule has 4 heteroatoms. The van der Waals surface area contributed by atoms with Gasteiger partial charge in [-0.3, -0.25) is 0 Å². The van der Waals surface area contributed by atoms with Crippen molar-refractivity contribution in [1.29, 1.82) is 0 Å². The SMILES string of the molecule is CCCc1cc(CNC)cc(OC2CCCC(OC)C2)n1. The number of hydrogen-bond donors (Lipinski definition) is 1. The molecule has 1 N–H and O–H groups in total. The Morgan fingerprint density at radius 3 is 2.81 bits per heavy atom. The summed E-state index contributed by atoms with van der Waals surface area (Å²) in [5, 5.41) is 3.20. The number of aryl methyl sites for hydroxylation is 1. The second-order valence-electron chi connectivity index (χ2n) is 5.85. The Morgan fingerprint density at radius 2 is 2.10 bits per heavy atom. The van der Waals surface area contributed by atoms with Gasteiger partial charge in [0.25, 0.3) is 0 Å². The lowest BCUT2D eigenvalue weighted by Crippen LogP contribution is -2.29. The monoisotopic (exact) mass is 292 g/mol. The van der Waals surface area contributed by atoms with Gasteiger partial charge in [0.2, 0.25) is 5.88 Å². The van der Waals surface area contributed by atoms with Gasteiger partial charge < -0.3 is 14.8 Å². The lowest BCUT2D eigenvalue weighted by atomic mass is 9.95. The van der Waals surface area contributed by atoms with Crippen LogP contribution >= 0.6 is 0 Å². The lowest BCUT2D eigenvalue weighted by molar-refractivity contribution is 0.0194. The molecule has 2 atom stereocenters. The van der Waals surface area contributed by atoms with Crippen LogP contribution in [-0.4, -0.2) is 31.3 Å². The molecule has 1 aliphatic carbocycles. The molecule has 1 aromatic rings. The number of hydrogen-bond acceptors (Lipinski definition) is 4. The molecule has 0 spiro atoms. The third kappa shape index (κ3) is 4.97. The van der Waals surface area contributed by atoms with E-state index in [1.54, 1.807) is 7.11 Å². The molecule has 1 fully saturated rings. The summed E-state index contributed by atoms with van der Waals surface area (Å²) in [6.45, 7) is 3.03. The van der Waals surface area contributed by atoms with Crippen LogP contribution in [0.2, 0.25) is 0 Å². The van der Waals surface area contributed by atoms with Gasteiger partial charge in [-0.2, -0.15) is 0 Å². The molecular weight excluding hydrogens is 264 g/mol. The van der Waals surface area contributed by atoms with Crippen LogP contribution in [0.1, 0.15) is 50.3 Å². The van der Waals surface area contributed by atoms with Crippen molar-refractivity contribution < 1.29 is 9.47 Å². The first kappa shape index (κ1) is 16.2. The Balaban J connectivity index is 2.06. The zero-order valence-electron chi connectivity index (χ0n) is 13.5. The van der Waals surface area contributed by atoms with Crippen molar-refractivity contribution in [2.75, 3.05) is 14.2 Å². The van der Waals surface area contributed by atoms with Crippen LogP contribution in [0.4, 0.5) is 0 Å². The average molecular weight is 292 g/mol. The predicted molar refractivity (Wildman–Crippen MR) is 84.7 cm³/mol. The number of methoxy groups -OCH3 is 1.